The molecule has 9 heteroatoms. The molecule has 0 unspecified atom stereocenters. The second-order valence-corrected chi connectivity index (χ2v) is 7.12. The number of aliphatic hydroxyl groups excluding tert-OH is 2. The first-order chi connectivity index (χ1) is 13.7. The quantitative estimate of drug-likeness (QED) is 0.538. The Bertz CT molecular complexity index is 1000. The summed E-state index contributed by atoms with van der Waals surface area (Å²) in [5.74, 6) is -1.07. The van der Waals surface area contributed by atoms with Crippen LogP contribution in [-0.4, -0.2) is 44.3 Å². The molecule has 1 fully saturated rings. The number of rotatable bonds is 3. The lowest BCUT2D eigenvalue weighted by Crippen LogP contribution is -2.45. The highest BCUT2D eigenvalue weighted by atomic mass is 19.4. The minimum atomic E-state index is -4.46. The van der Waals surface area contributed by atoms with Gasteiger partial charge >= 0.3 is 6.18 Å². The van der Waals surface area contributed by atoms with Crippen LogP contribution in [0.2, 0.25) is 0 Å². The maximum atomic E-state index is 12.8. The number of alkyl halides is 3. The number of aliphatic hydroxyl groups is 2. The Hall–Kier alpha value is -2.91. The molecule has 1 aromatic heterocycles. The van der Waals surface area contributed by atoms with Gasteiger partial charge in [0.25, 0.3) is 5.91 Å². The van der Waals surface area contributed by atoms with Gasteiger partial charge in [0.05, 0.1) is 28.7 Å². The number of hydrogen-bond donors (Lipinski definition) is 4. The smallest absolute Gasteiger partial charge is 0.390 e. The number of hydrogen-bond acceptors (Lipinski definition) is 4. The normalized spacial score (nSPS) is 24.7. The third kappa shape index (κ3) is 3.70. The third-order valence-corrected chi connectivity index (χ3v) is 5.26. The van der Waals surface area contributed by atoms with E-state index in [2.05, 4.69) is 15.3 Å². The van der Waals surface area contributed by atoms with E-state index in [0.29, 0.717) is 16.6 Å². The van der Waals surface area contributed by atoms with E-state index in [1.54, 1.807) is 24.3 Å². The van der Waals surface area contributed by atoms with Crippen molar-refractivity contribution in [1.82, 2.24) is 15.3 Å². The van der Waals surface area contributed by atoms with Crippen LogP contribution < -0.4 is 5.32 Å². The number of imidazole rings is 1. The Kier molecular flexibility index (Phi) is 4.79. The van der Waals surface area contributed by atoms with Crippen LogP contribution in [0.4, 0.5) is 13.2 Å². The molecule has 1 aliphatic rings. The first-order valence-electron chi connectivity index (χ1n) is 9.03. The van der Waals surface area contributed by atoms with Gasteiger partial charge in [0, 0.05) is 5.92 Å². The van der Waals surface area contributed by atoms with Gasteiger partial charge in [-0.2, -0.15) is 13.2 Å². The van der Waals surface area contributed by atoms with E-state index < -0.39 is 41.8 Å². The largest absolute Gasteiger partial charge is 0.416 e. The molecular weight excluding hydrogens is 387 g/mol. The summed E-state index contributed by atoms with van der Waals surface area (Å²) in [7, 11) is 0. The van der Waals surface area contributed by atoms with E-state index in [0.717, 1.165) is 12.1 Å². The number of H-pyrrole nitrogens is 1. The Balaban J connectivity index is 1.57. The van der Waals surface area contributed by atoms with Crippen LogP contribution in [-0.2, 0) is 6.18 Å². The number of nitrogens with zero attached hydrogens (tertiary/aromatic N) is 1. The van der Waals surface area contributed by atoms with E-state index in [1.807, 2.05) is 0 Å². The molecule has 2 aromatic carbocycles. The van der Waals surface area contributed by atoms with Crippen LogP contribution in [0.1, 0.15) is 34.1 Å². The molecule has 1 saturated carbocycles. The van der Waals surface area contributed by atoms with Gasteiger partial charge in [-0.25, -0.2) is 4.98 Å². The molecule has 1 heterocycles. The van der Waals surface area contributed by atoms with Crippen molar-refractivity contribution in [2.45, 2.75) is 36.8 Å². The summed E-state index contributed by atoms with van der Waals surface area (Å²) in [5.41, 5.74) is 0.972. The average molecular weight is 405 g/mol. The predicted octanol–water partition coefficient (Wildman–Crippen LogP) is 2.59. The van der Waals surface area contributed by atoms with Gasteiger partial charge in [-0.3, -0.25) is 4.79 Å². The molecule has 1 amide bonds. The van der Waals surface area contributed by atoms with Gasteiger partial charge in [0.1, 0.15) is 6.10 Å². The molecule has 0 bridgehead atoms. The Morgan fingerprint density at radius 1 is 1.10 bits per heavy atom. The summed E-state index contributed by atoms with van der Waals surface area (Å²) < 4.78 is 38.4. The molecule has 152 valence electrons. The predicted molar refractivity (Wildman–Crippen MR) is 98.2 cm³/mol. The molecule has 0 saturated heterocycles. The Labute approximate surface area is 163 Å². The number of nitrogens with one attached hydrogen (secondary N) is 2. The lowest BCUT2D eigenvalue weighted by atomic mass is 9.92. The van der Waals surface area contributed by atoms with Gasteiger partial charge in [-0.05, 0) is 36.2 Å². The molecule has 0 radical (unpaired) electrons. The lowest BCUT2D eigenvalue weighted by molar-refractivity contribution is -0.137. The Morgan fingerprint density at radius 3 is 2.45 bits per heavy atom. The van der Waals surface area contributed by atoms with Crippen LogP contribution in [0.25, 0.3) is 11.0 Å². The van der Waals surface area contributed by atoms with Crippen molar-refractivity contribution < 1.29 is 28.2 Å². The number of aromatic amines is 1. The number of benzene rings is 2. The summed E-state index contributed by atoms with van der Waals surface area (Å²) in [6, 6.07) is 10.7. The molecule has 4 N–H and O–H groups in total. The number of carbonyl (C=O) groups is 1. The van der Waals surface area contributed by atoms with E-state index in [4.69, 9.17) is 0 Å². The number of amides is 1. The van der Waals surface area contributed by atoms with Crippen LogP contribution in [0.5, 0.6) is 0 Å². The summed E-state index contributed by atoms with van der Waals surface area (Å²) >= 11 is 0. The minimum absolute atomic E-state index is 0.0472. The van der Waals surface area contributed by atoms with Crippen molar-refractivity contribution in [3.63, 3.8) is 0 Å². The summed E-state index contributed by atoms with van der Waals surface area (Å²) in [5, 5.41) is 23.1. The molecule has 4 rings (SSSR count). The monoisotopic (exact) mass is 405 g/mol. The van der Waals surface area contributed by atoms with Gasteiger partial charge in [-0.1, -0.05) is 24.3 Å². The molecule has 1 aliphatic carbocycles. The molecule has 0 aliphatic heterocycles. The Morgan fingerprint density at radius 2 is 1.79 bits per heavy atom. The van der Waals surface area contributed by atoms with Crippen molar-refractivity contribution >= 4 is 16.9 Å². The lowest BCUT2D eigenvalue weighted by Gasteiger charge is -2.23. The SMILES string of the molecule is O=C(N[C@H]1[C@H](O)[C@H](O)C[C@@H]1c1ccc(C(F)(F)F)cc1)c1nc2ccccc2[nH]1. The zero-order valence-corrected chi connectivity index (χ0v) is 15.0. The first kappa shape index (κ1) is 19.4. The summed E-state index contributed by atoms with van der Waals surface area (Å²) in [6.45, 7) is 0. The number of aromatic nitrogens is 2. The minimum Gasteiger partial charge on any atom is -0.390 e. The topological polar surface area (TPSA) is 98.2 Å². The van der Waals surface area contributed by atoms with Crippen LogP contribution in [0, 0.1) is 0 Å². The van der Waals surface area contributed by atoms with Crippen LogP contribution in [0.15, 0.2) is 48.5 Å². The fourth-order valence-corrected chi connectivity index (χ4v) is 3.75. The second-order valence-electron chi connectivity index (χ2n) is 7.12. The van der Waals surface area contributed by atoms with E-state index in [-0.39, 0.29) is 12.2 Å². The molecule has 6 nitrogen and oxygen atoms in total. The fraction of sp³-hybridized carbons (Fsp3) is 0.300. The maximum absolute atomic E-state index is 12.8. The van der Waals surface area contributed by atoms with Crippen molar-refractivity contribution in [3.8, 4) is 0 Å². The van der Waals surface area contributed by atoms with Crippen LogP contribution >= 0.6 is 0 Å². The first-order valence-corrected chi connectivity index (χ1v) is 9.03. The van der Waals surface area contributed by atoms with E-state index >= 15 is 0 Å². The maximum Gasteiger partial charge on any atom is 0.416 e. The van der Waals surface area contributed by atoms with Gasteiger partial charge in [0.2, 0.25) is 0 Å². The van der Waals surface area contributed by atoms with Gasteiger partial charge < -0.3 is 20.5 Å². The van der Waals surface area contributed by atoms with Crippen molar-refractivity contribution in [3.05, 3.63) is 65.5 Å². The number of para-hydroxylation sites is 2. The van der Waals surface area contributed by atoms with Crippen molar-refractivity contribution in [2.24, 2.45) is 0 Å². The molecule has 4 atom stereocenters. The molecule has 3 aromatic rings. The van der Waals surface area contributed by atoms with Crippen molar-refractivity contribution in [2.75, 3.05) is 0 Å². The molecular formula is C20H18F3N3O3. The number of halogens is 3. The molecule has 0 spiro atoms. The third-order valence-electron chi connectivity index (χ3n) is 5.26. The van der Waals surface area contributed by atoms with E-state index in [1.165, 1.54) is 12.1 Å². The van der Waals surface area contributed by atoms with E-state index in [9.17, 15) is 28.2 Å². The van der Waals surface area contributed by atoms with Crippen LogP contribution in [0.3, 0.4) is 0 Å². The highest BCUT2D eigenvalue weighted by molar-refractivity contribution is 5.94. The summed E-state index contributed by atoms with van der Waals surface area (Å²) in [6.07, 6.45) is -6.71. The zero-order chi connectivity index (χ0) is 20.8. The molecule has 29 heavy (non-hydrogen) atoms. The second kappa shape index (κ2) is 7.16. The summed E-state index contributed by atoms with van der Waals surface area (Å²) in [4.78, 5) is 19.7. The van der Waals surface area contributed by atoms with Gasteiger partial charge in [0.15, 0.2) is 5.82 Å². The zero-order valence-electron chi connectivity index (χ0n) is 15.0. The number of carbonyl (C=O) groups excluding carboxylic acids is 1. The van der Waals surface area contributed by atoms with Crippen molar-refractivity contribution in [1.29, 1.82) is 0 Å². The highest BCUT2D eigenvalue weighted by Crippen LogP contribution is 2.37. The van der Waals surface area contributed by atoms with Gasteiger partial charge in [-0.15, -0.1) is 0 Å². The number of fused-ring (bicyclic) bond motifs is 1. The standard InChI is InChI=1S/C20H18F3N3O3/c21-20(22,23)11-7-5-10(6-8-11)12-9-15(27)17(28)16(12)26-19(29)18-24-13-3-1-2-4-14(13)25-18/h1-8,12,15-17,27-28H,9H2,(H,24,25)(H,26,29)/t12-,15-,16-,17-/m1/s1. The highest BCUT2D eigenvalue weighted by Gasteiger charge is 2.43. The average Bonchev–Trinajstić information content (AvgIpc) is 3.24. The fourth-order valence-electron chi connectivity index (χ4n) is 3.75.